The van der Waals surface area contributed by atoms with Crippen molar-refractivity contribution >= 4 is 23.0 Å². The fourth-order valence-electron chi connectivity index (χ4n) is 0.518. The average molecular weight is 147 g/mol. The Morgan fingerprint density at radius 1 is 1.89 bits per heavy atom. The van der Waals surface area contributed by atoms with E-state index in [9.17, 15) is 9.59 Å². The molecule has 0 aromatic rings. The molecule has 1 aliphatic heterocycles. The molecule has 2 N–H and O–H groups in total. The Labute approximate surface area is 55.6 Å². The Kier molecular flexibility index (Phi) is 1.61. The number of aliphatic carboxylic acids is 1. The zero-order valence-corrected chi connectivity index (χ0v) is 5.27. The summed E-state index contributed by atoms with van der Waals surface area (Å²) in [5.74, 6) is -0.623. The monoisotopic (exact) mass is 147 g/mol. The molecule has 1 fully saturated rings. The maximum atomic E-state index is 10.3. The van der Waals surface area contributed by atoms with Gasteiger partial charge in [0.15, 0.2) is 0 Å². The van der Waals surface area contributed by atoms with Gasteiger partial charge in [-0.3, -0.25) is 4.79 Å². The predicted molar refractivity (Wildman–Crippen MR) is 32.4 cm³/mol. The van der Waals surface area contributed by atoms with Gasteiger partial charge < -0.3 is 10.4 Å². The molecule has 1 heterocycles. The zero-order valence-electron chi connectivity index (χ0n) is 4.46. The van der Waals surface area contributed by atoms with Gasteiger partial charge in [0.05, 0.1) is 0 Å². The van der Waals surface area contributed by atoms with Gasteiger partial charge in [0.2, 0.25) is 0 Å². The molecular formula is C4H5NO3S. The summed E-state index contributed by atoms with van der Waals surface area (Å²) < 4.78 is 0. The van der Waals surface area contributed by atoms with Gasteiger partial charge in [-0.05, 0) is 0 Å². The summed E-state index contributed by atoms with van der Waals surface area (Å²) in [6.07, 6.45) is 0. The molecule has 50 valence electrons. The molecule has 5 heteroatoms. The lowest BCUT2D eigenvalue weighted by molar-refractivity contribution is -0.138. The summed E-state index contributed by atoms with van der Waals surface area (Å²) in [7, 11) is 0. The molecule has 0 unspecified atom stereocenters. The van der Waals surface area contributed by atoms with Crippen molar-refractivity contribution in [1.29, 1.82) is 0 Å². The van der Waals surface area contributed by atoms with Crippen LogP contribution in [-0.2, 0) is 4.79 Å². The van der Waals surface area contributed by atoms with Crippen LogP contribution in [0.15, 0.2) is 0 Å². The molecule has 0 aliphatic carbocycles. The molecule has 0 aromatic carbocycles. The maximum absolute atomic E-state index is 10.3. The van der Waals surface area contributed by atoms with Crippen LogP contribution in [0.2, 0.25) is 0 Å². The van der Waals surface area contributed by atoms with Crippen LogP contribution < -0.4 is 5.32 Å². The first-order valence-electron chi connectivity index (χ1n) is 2.36. The Balaban J connectivity index is 2.48. The number of hydrogen-bond donors (Lipinski definition) is 2. The van der Waals surface area contributed by atoms with Crippen molar-refractivity contribution in [1.82, 2.24) is 5.32 Å². The number of rotatable bonds is 1. The molecule has 0 spiro atoms. The van der Waals surface area contributed by atoms with E-state index in [-0.39, 0.29) is 5.24 Å². The third-order valence-corrected chi connectivity index (χ3v) is 1.85. The second-order valence-corrected chi connectivity index (χ2v) is 2.63. The van der Waals surface area contributed by atoms with Crippen LogP contribution in [0.4, 0.5) is 4.79 Å². The summed E-state index contributed by atoms with van der Waals surface area (Å²) in [5, 5.41) is 10.3. The van der Waals surface area contributed by atoms with Crippen LogP contribution in [-0.4, -0.2) is 28.1 Å². The standard InChI is InChI=1S/C4H5NO3S/c6-3(7)2-1-9-4(8)5-2/h2H,1H2,(H,5,8)(H,6,7)/t2-/m1/s1. The minimum Gasteiger partial charge on any atom is -0.480 e. The van der Waals surface area contributed by atoms with E-state index in [4.69, 9.17) is 5.11 Å². The van der Waals surface area contributed by atoms with Crippen LogP contribution in [0.3, 0.4) is 0 Å². The number of carboxylic acids is 1. The topological polar surface area (TPSA) is 66.4 Å². The molecule has 1 saturated heterocycles. The number of carboxylic acid groups (broad SMARTS) is 1. The number of thioether (sulfide) groups is 1. The molecule has 1 amide bonds. The number of carbonyl (C=O) groups excluding carboxylic acids is 1. The third-order valence-electron chi connectivity index (χ3n) is 0.971. The van der Waals surface area contributed by atoms with Gasteiger partial charge in [-0.25, -0.2) is 4.79 Å². The van der Waals surface area contributed by atoms with E-state index in [0.717, 1.165) is 11.8 Å². The SMILES string of the molecule is O=C1N[C@@H](C(=O)O)CS1. The molecule has 1 atom stereocenters. The molecule has 1 aliphatic rings. The summed E-state index contributed by atoms with van der Waals surface area (Å²) in [6, 6.07) is -0.678. The smallest absolute Gasteiger partial charge is 0.327 e. The summed E-state index contributed by atoms with van der Waals surface area (Å²) in [5.41, 5.74) is 0. The first-order chi connectivity index (χ1) is 4.20. The van der Waals surface area contributed by atoms with E-state index in [1.807, 2.05) is 0 Å². The van der Waals surface area contributed by atoms with Gasteiger partial charge in [0, 0.05) is 5.75 Å². The first kappa shape index (κ1) is 6.41. The number of nitrogens with one attached hydrogen (secondary N) is 1. The minimum absolute atomic E-state index is 0.248. The lowest BCUT2D eigenvalue weighted by Crippen LogP contribution is -2.33. The van der Waals surface area contributed by atoms with E-state index < -0.39 is 12.0 Å². The number of carbonyl (C=O) groups is 2. The molecule has 1 rings (SSSR count). The molecule has 0 radical (unpaired) electrons. The maximum Gasteiger partial charge on any atom is 0.327 e. The Morgan fingerprint density at radius 2 is 2.56 bits per heavy atom. The molecule has 4 nitrogen and oxygen atoms in total. The predicted octanol–water partition coefficient (Wildman–Crippen LogP) is -0.104. The van der Waals surface area contributed by atoms with Crippen LogP contribution in [0, 0.1) is 0 Å². The van der Waals surface area contributed by atoms with E-state index in [2.05, 4.69) is 5.32 Å². The third kappa shape index (κ3) is 1.35. The summed E-state index contributed by atoms with van der Waals surface area (Å²) in [4.78, 5) is 20.5. The van der Waals surface area contributed by atoms with E-state index >= 15 is 0 Å². The van der Waals surface area contributed by atoms with E-state index in [1.165, 1.54) is 0 Å². The van der Waals surface area contributed by atoms with Crippen molar-refractivity contribution in [3.05, 3.63) is 0 Å². The molecule has 9 heavy (non-hydrogen) atoms. The van der Waals surface area contributed by atoms with Gasteiger partial charge in [0.1, 0.15) is 6.04 Å². The average Bonchev–Trinajstić information content (AvgIpc) is 2.14. The van der Waals surface area contributed by atoms with E-state index in [1.54, 1.807) is 0 Å². The highest BCUT2D eigenvalue weighted by Gasteiger charge is 2.27. The normalized spacial score (nSPS) is 25.8. The second kappa shape index (κ2) is 2.26. The number of hydrogen-bond acceptors (Lipinski definition) is 3. The molecule has 0 saturated carbocycles. The van der Waals surface area contributed by atoms with Crippen LogP contribution in [0.1, 0.15) is 0 Å². The van der Waals surface area contributed by atoms with Crippen LogP contribution in [0.25, 0.3) is 0 Å². The molecule has 0 bridgehead atoms. The van der Waals surface area contributed by atoms with Crippen molar-refractivity contribution < 1.29 is 14.7 Å². The van der Waals surface area contributed by atoms with Gasteiger partial charge in [-0.1, -0.05) is 11.8 Å². The van der Waals surface area contributed by atoms with Crippen LogP contribution >= 0.6 is 11.8 Å². The fraction of sp³-hybridized carbons (Fsp3) is 0.500. The minimum atomic E-state index is -0.964. The molecular weight excluding hydrogens is 142 g/mol. The lowest BCUT2D eigenvalue weighted by Gasteiger charge is -1.98. The first-order valence-corrected chi connectivity index (χ1v) is 3.35. The van der Waals surface area contributed by atoms with Crippen molar-refractivity contribution in [2.45, 2.75) is 6.04 Å². The largest absolute Gasteiger partial charge is 0.480 e. The van der Waals surface area contributed by atoms with Crippen molar-refractivity contribution in [3.8, 4) is 0 Å². The summed E-state index contributed by atoms with van der Waals surface area (Å²) >= 11 is 1.00. The Morgan fingerprint density at radius 3 is 2.78 bits per heavy atom. The van der Waals surface area contributed by atoms with E-state index in [0.29, 0.717) is 5.75 Å². The second-order valence-electron chi connectivity index (χ2n) is 1.63. The van der Waals surface area contributed by atoms with Crippen molar-refractivity contribution in [2.75, 3.05) is 5.75 Å². The van der Waals surface area contributed by atoms with Crippen molar-refractivity contribution in [3.63, 3.8) is 0 Å². The van der Waals surface area contributed by atoms with Crippen molar-refractivity contribution in [2.24, 2.45) is 0 Å². The highest BCUT2D eigenvalue weighted by atomic mass is 32.2. The molecule has 0 aromatic heterocycles. The summed E-state index contributed by atoms with van der Waals surface area (Å²) in [6.45, 7) is 0. The lowest BCUT2D eigenvalue weighted by atomic mass is 10.4. The zero-order chi connectivity index (χ0) is 6.85. The van der Waals surface area contributed by atoms with Gasteiger partial charge >= 0.3 is 5.97 Å². The highest BCUT2D eigenvalue weighted by molar-refractivity contribution is 8.14. The Bertz CT molecular complexity index is 158. The van der Waals surface area contributed by atoms with Gasteiger partial charge in [0.25, 0.3) is 5.24 Å². The van der Waals surface area contributed by atoms with Gasteiger partial charge in [-0.2, -0.15) is 0 Å². The quantitative estimate of drug-likeness (QED) is 0.543. The highest BCUT2D eigenvalue weighted by Crippen LogP contribution is 2.12. The Hall–Kier alpha value is -0.710. The van der Waals surface area contributed by atoms with Crippen LogP contribution in [0.5, 0.6) is 0 Å². The van der Waals surface area contributed by atoms with Gasteiger partial charge in [-0.15, -0.1) is 0 Å². The number of amides is 1. The fourth-order valence-corrected chi connectivity index (χ4v) is 1.29.